The van der Waals surface area contributed by atoms with E-state index in [0.717, 1.165) is 6.54 Å². The minimum atomic E-state index is 0.385. The molecule has 0 spiro atoms. The molecule has 0 aliphatic carbocycles. The number of nitrogens with one attached hydrogen (secondary N) is 1. The maximum atomic E-state index is 3.59. The Morgan fingerprint density at radius 2 is 2.27 bits per heavy atom. The van der Waals surface area contributed by atoms with Crippen molar-refractivity contribution >= 4 is 22.7 Å². The van der Waals surface area contributed by atoms with Crippen LogP contribution in [0.3, 0.4) is 0 Å². The van der Waals surface area contributed by atoms with Crippen molar-refractivity contribution in [1.82, 2.24) is 5.32 Å². The Bertz CT molecular complexity index is 330. The molecule has 0 saturated heterocycles. The second-order valence-electron chi connectivity index (χ2n) is 3.46. The Morgan fingerprint density at radius 1 is 1.33 bits per heavy atom. The molecule has 0 amide bonds. The summed E-state index contributed by atoms with van der Waals surface area (Å²) in [5.74, 6) is 0. The predicted molar refractivity (Wildman–Crippen MR) is 68.8 cm³/mol. The lowest BCUT2D eigenvalue weighted by atomic mass is 10.1. The minimum absolute atomic E-state index is 0.385. The van der Waals surface area contributed by atoms with E-state index >= 15 is 0 Å². The van der Waals surface area contributed by atoms with E-state index in [1.807, 2.05) is 11.3 Å². The summed E-state index contributed by atoms with van der Waals surface area (Å²) in [5.41, 5.74) is 1.39. The molecule has 0 fully saturated rings. The van der Waals surface area contributed by atoms with Gasteiger partial charge < -0.3 is 5.32 Å². The molecule has 1 unspecified atom stereocenters. The molecule has 2 aromatic heterocycles. The lowest BCUT2D eigenvalue weighted by molar-refractivity contribution is 0.607. The number of hydrogen-bond donors (Lipinski definition) is 1. The van der Waals surface area contributed by atoms with E-state index in [4.69, 9.17) is 0 Å². The number of thiophene rings is 2. The Balaban J connectivity index is 2.17. The minimum Gasteiger partial charge on any atom is -0.306 e. The van der Waals surface area contributed by atoms with Crippen LogP contribution in [0.15, 0.2) is 34.3 Å². The molecule has 0 aromatic carbocycles. The quantitative estimate of drug-likeness (QED) is 0.831. The number of rotatable bonds is 5. The SMILES string of the molecule is CCCNC(c1ccsc1)c1cccs1. The third kappa shape index (κ3) is 2.68. The maximum absolute atomic E-state index is 3.59. The Kier molecular flexibility index (Phi) is 3.94. The molecule has 2 heterocycles. The molecule has 2 rings (SSSR count). The number of hydrogen-bond acceptors (Lipinski definition) is 3. The average Bonchev–Trinajstić information content (AvgIpc) is 2.90. The molecule has 0 saturated carbocycles. The summed E-state index contributed by atoms with van der Waals surface area (Å²) in [7, 11) is 0. The average molecular weight is 237 g/mol. The molecule has 0 aliphatic heterocycles. The van der Waals surface area contributed by atoms with Gasteiger partial charge in [0.15, 0.2) is 0 Å². The largest absolute Gasteiger partial charge is 0.306 e. The van der Waals surface area contributed by atoms with Crippen LogP contribution in [0.25, 0.3) is 0 Å². The zero-order valence-electron chi connectivity index (χ0n) is 8.77. The fourth-order valence-corrected chi connectivity index (χ4v) is 3.08. The van der Waals surface area contributed by atoms with E-state index in [0.29, 0.717) is 6.04 Å². The highest BCUT2D eigenvalue weighted by Gasteiger charge is 2.13. The van der Waals surface area contributed by atoms with Crippen molar-refractivity contribution in [2.45, 2.75) is 19.4 Å². The molecule has 80 valence electrons. The highest BCUT2D eigenvalue weighted by molar-refractivity contribution is 7.10. The van der Waals surface area contributed by atoms with Crippen LogP contribution in [0.1, 0.15) is 29.8 Å². The molecule has 2 aromatic rings. The van der Waals surface area contributed by atoms with Crippen LogP contribution in [-0.4, -0.2) is 6.54 Å². The summed E-state index contributed by atoms with van der Waals surface area (Å²) >= 11 is 3.59. The van der Waals surface area contributed by atoms with Gasteiger partial charge in [-0.25, -0.2) is 0 Å². The zero-order chi connectivity index (χ0) is 10.5. The van der Waals surface area contributed by atoms with Crippen LogP contribution in [0, 0.1) is 0 Å². The highest BCUT2D eigenvalue weighted by atomic mass is 32.1. The molecule has 1 atom stereocenters. The van der Waals surface area contributed by atoms with Crippen molar-refractivity contribution in [2.75, 3.05) is 6.54 Å². The Morgan fingerprint density at radius 3 is 2.87 bits per heavy atom. The van der Waals surface area contributed by atoms with Gasteiger partial charge in [-0.15, -0.1) is 11.3 Å². The van der Waals surface area contributed by atoms with Crippen molar-refractivity contribution in [3.63, 3.8) is 0 Å². The van der Waals surface area contributed by atoms with E-state index in [1.165, 1.54) is 16.9 Å². The van der Waals surface area contributed by atoms with Crippen molar-refractivity contribution in [2.24, 2.45) is 0 Å². The van der Waals surface area contributed by atoms with E-state index < -0.39 is 0 Å². The molecule has 15 heavy (non-hydrogen) atoms. The normalized spacial score (nSPS) is 12.9. The van der Waals surface area contributed by atoms with E-state index in [9.17, 15) is 0 Å². The van der Waals surface area contributed by atoms with Gasteiger partial charge in [-0.3, -0.25) is 0 Å². The molecule has 0 radical (unpaired) electrons. The second-order valence-corrected chi connectivity index (χ2v) is 5.22. The van der Waals surface area contributed by atoms with Gasteiger partial charge in [0.1, 0.15) is 0 Å². The topological polar surface area (TPSA) is 12.0 Å². The van der Waals surface area contributed by atoms with E-state index in [2.05, 4.69) is 46.6 Å². The van der Waals surface area contributed by atoms with Gasteiger partial charge in [0.25, 0.3) is 0 Å². The van der Waals surface area contributed by atoms with Crippen LogP contribution < -0.4 is 5.32 Å². The van der Waals surface area contributed by atoms with Crippen LogP contribution in [0.4, 0.5) is 0 Å². The maximum Gasteiger partial charge on any atom is 0.0679 e. The van der Waals surface area contributed by atoms with Gasteiger partial charge >= 0.3 is 0 Å². The van der Waals surface area contributed by atoms with Gasteiger partial charge in [0, 0.05) is 4.88 Å². The summed E-state index contributed by atoms with van der Waals surface area (Å²) in [6.07, 6.45) is 1.17. The summed E-state index contributed by atoms with van der Waals surface area (Å²) in [6.45, 7) is 3.27. The van der Waals surface area contributed by atoms with Crippen molar-refractivity contribution in [3.05, 3.63) is 44.8 Å². The first kappa shape index (κ1) is 10.9. The first-order chi connectivity index (χ1) is 7.42. The van der Waals surface area contributed by atoms with Gasteiger partial charge in [-0.05, 0) is 46.8 Å². The summed E-state index contributed by atoms with van der Waals surface area (Å²) in [6, 6.07) is 6.91. The molecule has 0 aliphatic rings. The summed E-state index contributed by atoms with van der Waals surface area (Å²) in [4.78, 5) is 1.40. The second kappa shape index (κ2) is 5.45. The zero-order valence-corrected chi connectivity index (χ0v) is 10.4. The predicted octanol–water partition coefficient (Wildman–Crippen LogP) is 3.90. The molecular weight excluding hydrogens is 222 g/mol. The van der Waals surface area contributed by atoms with Crippen LogP contribution in [0.5, 0.6) is 0 Å². The van der Waals surface area contributed by atoms with Crippen molar-refractivity contribution in [1.29, 1.82) is 0 Å². The fraction of sp³-hybridized carbons (Fsp3) is 0.333. The highest BCUT2D eigenvalue weighted by Crippen LogP contribution is 2.27. The van der Waals surface area contributed by atoms with Crippen molar-refractivity contribution < 1.29 is 0 Å². The first-order valence-electron chi connectivity index (χ1n) is 5.20. The Labute approximate surface area is 98.8 Å². The molecule has 0 bridgehead atoms. The van der Waals surface area contributed by atoms with Gasteiger partial charge in [-0.1, -0.05) is 13.0 Å². The first-order valence-corrected chi connectivity index (χ1v) is 7.03. The van der Waals surface area contributed by atoms with E-state index in [-0.39, 0.29) is 0 Å². The van der Waals surface area contributed by atoms with Crippen molar-refractivity contribution in [3.8, 4) is 0 Å². The third-order valence-electron chi connectivity index (χ3n) is 2.30. The molecule has 1 N–H and O–H groups in total. The standard InChI is InChI=1S/C12H15NS2/c1-2-6-13-12(10-5-8-14-9-10)11-4-3-7-15-11/h3-5,7-9,12-13H,2,6H2,1H3. The smallest absolute Gasteiger partial charge is 0.0679 e. The molecule has 1 nitrogen and oxygen atoms in total. The molecule has 3 heteroatoms. The molecular formula is C12H15NS2. The lowest BCUT2D eigenvalue weighted by Crippen LogP contribution is -2.21. The van der Waals surface area contributed by atoms with Gasteiger partial charge in [0.05, 0.1) is 6.04 Å². The third-order valence-corrected chi connectivity index (χ3v) is 3.94. The van der Waals surface area contributed by atoms with Gasteiger partial charge in [-0.2, -0.15) is 11.3 Å². The summed E-state index contributed by atoms with van der Waals surface area (Å²) in [5, 5.41) is 10.1. The summed E-state index contributed by atoms with van der Waals surface area (Å²) < 4.78 is 0. The van der Waals surface area contributed by atoms with Crippen LogP contribution >= 0.6 is 22.7 Å². The Hall–Kier alpha value is -0.640. The van der Waals surface area contributed by atoms with Gasteiger partial charge in [0.2, 0.25) is 0 Å². The fourth-order valence-electron chi connectivity index (χ4n) is 1.57. The monoisotopic (exact) mass is 237 g/mol. The lowest BCUT2D eigenvalue weighted by Gasteiger charge is -2.15. The van der Waals surface area contributed by atoms with Crippen LogP contribution in [0.2, 0.25) is 0 Å². The van der Waals surface area contributed by atoms with Crippen LogP contribution in [-0.2, 0) is 0 Å². The van der Waals surface area contributed by atoms with E-state index in [1.54, 1.807) is 11.3 Å².